The monoisotopic (exact) mass is 370 g/mol. The average Bonchev–Trinajstić information content (AvgIpc) is 3.06. The molecule has 0 aliphatic carbocycles. The second kappa shape index (κ2) is 6.85. The molecule has 4 rings (SSSR count). The maximum absolute atomic E-state index is 5.97. The van der Waals surface area contributed by atoms with Gasteiger partial charge in [-0.25, -0.2) is 9.97 Å². The van der Waals surface area contributed by atoms with E-state index in [2.05, 4.69) is 32.3 Å². The first-order valence-electron chi connectivity index (χ1n) is 8.95. The van der Waals surface area contributed by atoms with Crippen molar-refractivity contribution in [3.63, 3.8) is 0 Å². The molecule has 0 radical (unpaired) electrons. The Bertz CT molecular complexity index is 896. The van der Waals surface area contributed by atoms with Gasteiger partial charge in [-0.1, -0.05) is 30.7 Å². The number of fused-ring (bicyclic) bond motifs is 1. The van der Waals surface area contributed by atoms with Gasteiger partial charge in [0, 0.05) is 30.2 Å². The molecular weight excluding hydrogens is 348 g/mol. The van der Waals surface area contributed by atoms with Gasteiger partial charge in [0.05, 0.1) is 11.9 Å². The summed E-state index contributed by atoms with van der Waals surface area (Å²) in [4.78, 5) is 11.7. The Labute approximate surface area is 158 Å². The number of benzene rings is 1. The van der Waals surface area contributed by atoms with E-state index in [0.717, 1.165) is 55.1 Å². The Hall–Kier alpha value is -2.18. The van der Waals surface area contributed by atoms with Crippen LogP contribution in [0.4, 0.5) is 5.82 Å². The Morgan fingerprint density at radius 1 is 1.23 bits per heavy atom. The normalized spacial score (nSPS) is 17.0. The number of aromatic amines is 1. The molecule has 1 saturated heterocycles. The lowest BCUT2D eigenvalue weighted by atomic mass is 9.80. The molecule has 6 nitrogen and oxygen atoms in total. The maximum Gasteiger partial charge on any atom is 0.202 e. The van der Waals surface area contributed by atoms with Gasteiger partial charge < -0.3 is 10.2 Å². The molecule has 0 atom stereocenters. The number of hydrogen-bond donors (Lipinski definition) is 2. The van der Waals surface area contributed by atoms with E-state index < -0.39 is 0 Å². The standard InChI is InChI=1S/C19H23ClN6/c1-19(12-21-2)7-9-26(10-8-19)15-11-22-17-16(24-25-18(17)23-15)13-3-5-14(20)6-4-13/h3-6,11,21H,7-10,12H2,1-2H3,(H,23,24,25). The minimum Gasteiger partial charge on any atom is -0.355 e. The van der Waals surface area contributed by atoms with Crippen molar-refractivity contribution in [2.45, 2.75) is 19.8 Å². The molecule has 3 aromatic rings. The summed E-state index contributed by atoms with van der Waals surface area (Å²) < 4.78 is 0. The van der Waals surface area contributed by atoms with Crippen LogP contribution in [0.15, 0.2) is 30.5 Å². The first kappa shape index (κ1) is 17.2. The van der Waals surface area contributed by atoms with Crippen LogP contribution in [0.25, 0.3) is 22.4 Å². The largest absolute Gasteiger partial charge is 0.355 e. The van der Waals surface area contributed by atoms with E-state index >= 15 is 0 Å². The van der Waals surface area contributed by atoms with Crippen molar-refractivity contribution in [3.8, 4) is 11.3 Å². The molecule has 1 aromatic carbocycles. The molecule has 0 spiro atoms. The van der Waals surface area contributed by atoms with Crippen LogP contribution in [0.2, 0.25) is 5.02 Å². The van der Waals surface area contributed by atoms with Crippen molar-refractivity contribution in [2.75, 3.05) is 31.6 Å². The Morgan fingerprint density at radius 2 is 1.96 bits per heavy atom. The zero-order chi connectivity index (χ0) is 18.1. The van der Waals surface area contributed by atoms with Crippen LogP contribution in [0.5, 0.6) is 0 Å². The molecule has 0 amide bonds. The van der Waals surface area contributed by atoms with Crippen LogP contribution >= 0.6 is 11.6 Å². The number of halogens is 1. The number of hydrogen-bond acceptors (Lipinski definition) is 5. The van der Waals surface area contributed by atoms with E-state index in [9.17, 15) is 0 Å². The summed E-state index contributed by atoms with van der Waals surface area (Å²) >= 11 is 5.97. The summed E-state index contributed by atoms with van der Waals surface area (Å²) in [6.07, 6.45) is 4.15. The highest BCUT2D eigenvalue weighted by Gasteiger charge is 2.30. The number of aromatic nitrogens is 4. The summed E-state index contributed by atoms with van der Waals surface area (Å²) in [7, 11) is 2.02. The molecule has 2 N–H and O–H groups in total. The molecule has 0 saturated carbocycles. The predicted molar refractivity (Wildman–Crippen MR) is 106 cm³/mol. The fraction of sp³-hybridized carbons (Fsp3) is 0.421. The molecule has 7 heteroatoms. The van der Waals surface area contributed by atoms with E-state index in [0.29, 0.717) is 16.1 Å². The molecular formula is C19H23ClN6. The van der Waals surface area contributed by atoms with Crippen molar-refractivity contribution in [3.05, 3.63) is 35.5 Å². The van der Waals surface area contributed by atoms with Gasteiger partial charge in [-0.2, -0.15) is 5.10 Å². The van der Waals surface area contributed by atoms with Crippen LogP contribution in [0, 0.1) is 5.41 Å². The topological polar surface area (TPSA) is 69.7 Å². The van der Waals surface area contributed by atoms with Crippen LogP contribution in [0.1, 0.15) is 19.8 Å². The van der Waals surface area contributed by atoms with Gasteiger partial charge >= 0.3 is 0 Å². The van der Waals surface area contributed by atoms with Crippen molar-refractivity contribution in [1.82, 2.24) is 25.5 Å². The minimum absolute atomic E-state index is 0.358. The van der Waals surface area contributed by atoms with E-state index in [1.54, 1.807) is 0 Å². The van der Waals surface area contributed by atoms with Gasteiger partial charge in [-0.3, -0.25) is 5.10 Å². The lowest BCUT2D eigenvalue weighted by Crippen LogP contribution is -2.43. The smallest absolute Gasteiger partial charge is 0.202 e. The quantitative estimate of drug-likeness (QED) is 0.735. The number of nitrogens with one attached hydrogen (secondary N) is 2. The minimum atomic E-state index is 0.358. The number of H-pyrrole nitrogens is 1. The highest BCUT2D eigenvalue weighted by atomic mass is 35.5. The summed E-state index contributed by atoms with van der Waals surface area (Å²) in [5.41, 5.74) is 3.66. The zero-order valence-electron chi connectivity index (χ0n) is 15.1. The van der Waals surface area contributed by atoms with Gasteiger partial charge in [0.1, 0.15) is 11.3 Å². The van der Waals surface area contributed by atoms with Gasteiger partial charge in [0.2, 0.25) is 5.65 Å². The van der Waals surface area contributed by atoms with E-state index in [-0.39, 0.29) is 0 Å². The Morgan fingerprint density at radius 3 is 2.65 bits per heavy atom. The fourth-order valence-corrected chi connectivity index (χ4v) is 3.76. The van der Waals surface area contributed by atoms with Crippen LogP contribution in [-0.2, 0) is 0 Å². The Kier molecular flexibility index (Phi) is 4.54. The molecule has 1 aliphatic rings. The van der Waals surface area contributed by atoms with Crippen molar-refractivity contribution in [1.29, 1.82) is 0 Å². The third-order valence-corrected chi connectivity index (χ3v) is 5.53. The number of nitrogens with zero attached hydrogens (tertiary/aromatic N) is 4. The lowest BCUT2D eigenvalue weighted by Gasteiger charge is -2.39. The van der Waals surface area contributed by atoms with Crippen LogP contribution in [-0.4, -0.2) is 46.8 Å². The molecule has 1 fully saturated rings. The van der Waals surface area contributed by atoms with Crippen LogP contribution in [0.3, 0.4) is 0 Å². The molecule has 0 unspecified atom stereocenters. The highest BCUT2D eigenvalue weighted by Crippen LogP contribution is 2.32. The molecule has 0 bridgehead atoms. The summed E-state index contributed by atoms with van der Waals surface area (Å²) in [5.74, 6) is 0.901. The second-order valence-electron chi connectivity index (χ2n) is 7.33. The van der Waals surface area contributed by atoms with Gasteiger partial charge in [0.15, 0.2) is 0 Å². The number of rotatable bonds is 4. The highest BCUT2D eigenvalue weighted by molar-refractivity contribution is 6.30. The first-order valence-corrected chi connectivity index (χ1v) is 9.32. The zero-order valence-corrected chi connectivity index (χ0v) is 15.8. The van der Waals surface area contributed by atoms with E-state index in [1.165, 1.54) is 0 Å². The number of anilines is 1. The first-order chi connectivity index (χ1) is 12.6. The fourth-order valence-electron chi connectivity index (χ4n) is 3.64. The molecule has 136 valence electrons. The van der Waals surface area contributed by atoms with Crippen molar-refractivity contribution < 1.29 is 0 Å². The number of piperidine rings is 1. The molecule has 1 aliphatic heterocycles. The average molecular weight is 371 g/mol. The van der Waals surface area contributed by atoms with Crippen LogP contribution < -0.4 is 10.2 Å². The third-order valence-electron chi connectivity index (χ3n) is 5.28. The molecule has 2 aromatic heterocycles. The lowest BCUT2D eigenvalue weighted by molar-refractivity contribution is 0.242. The summed E-state index contributed by atoms with van der Waals surface area (Å²) in [6.45, 7) is 5.39. The van der Waals surface area contributed by atoms with Gasteiger partial charge in [-0.05, 0) is 37.4 Å². The van der Waals surface area contributed by atoms with Gasteiger partial charge in [0.25, 0.3) is 0 Å². The van der Waals surface area contributed by atoms with Crippen molar-refractivity contribution >= 4 is 28.6 Å². The summed E-state index contributed by atoms with van der Waals surface area (Å²) in [6, 6.07) is 7.64. The Balaban J connectivity index is 1.57. The second-order valence-corrected chi connectivity index (χ2v) is 7.77. The molecule has 3 heterocycles. The van der Waals surface area contributed by atoms with Gasteiger partial charge in [-0.15, -0.1) is 0 Å². The SMILES string of the molecule is CNCC1(C)CCN(c2cnc3c(-c4ccc(Cl)cc4)[nH]nc3n2)CC1. The maximum atomic E-state index is 5.97. The van der Waals surface area contributed by atoms with E-state index in [1.807, 2.05) is 37.5 Å². The predicted octanol–water partition coefficient (Wildman–Crippen LogP) is 3.50. The third kappa shape index (κ3) is 3.27. The molecule has 26 heavy (non-hydrogen) atoms. The summed E-state index contributed by atoms with van der Waals surface area (Å²) in [5, 5.41) is 11.4. The van der Waals surface area contributed by atoms with Crippen molar-refractivity contribution in [2.24, 2.45) is 5.41 Å². The van der Waals surface area contributed by atoms with E-state index in [4.69, 9.17) is 16.6 Å².